The van der Waals surface area contributed by atoms with Crippen LogP contribution in [0.5, 0.6) is 0 Å². The number of methoxy groups -OCH3 is 1. The first-order valence-corrected chi connectivity index (χ1v) is 8.05. The van der Waals surface area contributed by atoms with Gasteiger partial charge in [0.1, 0.15) is 0 Å². The van der Waals surface area contributed by atoms with Gasteiger partial charge in [0.05, 0.1) is 18.4 Å². The second-order valence-electron chi connectivity index (χ2n) is 4.58. The minimum Gasteiger partial charge on any atom is -0.465 e. The molecule has 0 aliphatic rings. The summed E-state index contributed by atoms with van der Waals surface area (Å²) in [7, 11) is 1.19. The van der Waals surface area contributed by atoms with E-state index < -0.39 is 16.0 Å². The van der Waals surface area contributed by atoms with Crippen LogP contribution in [-0.4, -0.2) is 45.7 Å². The third-order valence-electron chi connectivity index (χ3n) is 2.78. The number of rotatable bonds is 5. The van der Waals surface area contributed by atoms with Crippen molar-refractivity contribution in [3.8, 4) is 11.8 Å². The maximum Gasteiger partial charge on any atom is 0.337 e. The van der Waals surface area contributed by atoms with Gasteiger partial charge in [-0.25, -0.2) is 17.5 Å². The number of nitrogens with zero attached hydrogens (tertiary/aromatic N) is 1. The smallest absolute Gasteiger partial charge is 0.337 e. The first kappa shape index (κ1) is 17.2. The summed E-state index contributed by atoms with van der Waals surface area (Å²) in [5, 5.41) is 0. The van der Waals surface area contributed by atoms with Crippen LogP contribution in [0.15, 0.2) is 24.3 Å². The molecule has 21 heavy (non-hydrogen) atoms. The molecule has 0 radical (unpaired) electrons. The Bertz CT molecular complexity index is 654. The Morgan fingerprint density at radius 3 is 2.67 bits per heavy atom. The largest absolute Gasteiger partial charge is 0.465 e. The summed E-state index contributed by atoms with van der Waals surface area (Å²) in [4.78, 5) is 11.4. The van der Waals surface area contributed by atoms with Crippen LogP contribution in [0.4, 0.5) is 0 Å². The lowest BCUT2D eigenvalue weighted by Crippen LogP contribution is -2.24. The molecule has 0 aliphatic carbocycles. The zero-order valence-corrected chi connectivity index (χ0v) is 13.2. The molecule has 0 heterocycles. The number of carbonyl (C=O) groups is 1. The van der Waals surface area contributed by atoms with Crippen molar-refractivity contribution in [2.45, 2.75) is 12.8 Å². The van der Waals surface area contributed by atoms with Crippen LogP contribution in [0.3, 0.4) is 0 Å². The predicted octanol–water partition coefficient (Wildman–Crippen LogP) is 1.50. The van der Waals surface area contributed by atoms with Gasteiger partial charge in [-0.2, -0.15) is 0 Å². The Labute approximate surface area is 126 Å². The number of hydrogen-bond acceptors (Lipinski definition) is 4. The van der Waals surface area contributed by atoms with E-state index in [1.165, 1.54) is 25.5 Å². The average Bonchev–Trinajstić information content (AvgIpc) is 2.46. The van der Waals surface area contributed by atoms with Crippen molar-refractivity contribution >= 4 is 16.0 Å². The van der Waals surface area contributed by atoms with Gasteiger partial charge in [-0.3, -0.25) is 0 Å². The Kier molecular flexibility index (Phi) is 6.40. The van der Waals surface area contributed by atoms with Gasteiger partial charge in [0.25, 0.3) is 0 Å². The topological polar surface area (TPSA) is 63.7 Å². The number of ether oxygens (including phenoxy) is 1. The number of carbonyl (C=O) groups excluding carboxylic acids is 1. The summed E-state index contributed by atoms with van der Waals surface area (Å²) in [5.41, 5.74) is 1.15. The first-order valence-electron chi connectivity index (χ1n) is 6.44. The molecule has 0 saturated heterocycles. The standard InChI is InChI=1S/C15H19NO4S/c1-16(2)21(18,19)11-6-4-5-8-13-9-7-10-14(12-13)15(17)20-3/h7,9-10,12H,4,6,11H2,1-3H3. The van der Waals surface area contributed by atoms with Gasteiger partial charge in [0.15, 0.2) is 0 Å². The lowest BCUT2D eigenvalue weighted by Gasteiger charge is -2.09. The molecule has 0 amide bonds. The van der Waals surface area contributed by atoms with E-state index in [2.05, 4.69) is 16.6 Å². The van der Waals surface area contributed by atoms with Crippen LogP contribution in [0.2, 0.25) is 0 Å². The molecule has 0 aromatic heterocycles. The van der Waals surface area contributed by atoms with E-state index in [4.69, 9.17) is 0 Å². The maximum atomic E-state index is 11.5. The molecule has 1 rings (SSSR count). The number of hydrogen-bond donors (Lipinski definition) is 0. The molecular weight excluding hydrogens is 290 g/mol. The Morgan fingerprint density at radius 2 is 2.05 bits per heavy atom. The minimum atomic E-state index is -3.16. The Hall–Kier alpha value is -1.84. The number of benzene rings is 1. The van der Waals surface area contributed by atoms with Crippen molar-refractivity contribution in [2.24, 2.45) is 0 Å². The zero-order valence-electron chi connectivity index (χ0n) is 12.4. The molecule has 1 aromatic carbocycles. The van der Waals surface area contributed by atoms with E-state index >= 15 is 0 Å². The lowest BCUT2D eigenvalue weighted by molar-refractivity contribution is 0.0600. The average molecular weight is 309 g/mol. The Balaban J connectivity index is 2.58. The predicted molar refractivity (Wildman–Crippen MR) is 81.4 cm³/mol. The number of unbranched alkanes of at least 4 members (excludes halogenated alkanes) is 1. The van der Waals surface area contributed by atoms with Crippen LogP contribution in [0.25, 0.3) is 0 Å². The van der Waals surface area contributed by atoms with E-state index in [1.807, 2.05) is 0 Å². The van der Waals surface area contributed by atoms with Gasteiger partial charge in [0.2, 0.25) is 10.0 Å². The summed E-state index contributed by atoms with van der Waals surface area (Å²) in [6, 6.07) is 6.82. The van der Waals surface area contributed by atoms with E-state index in [-0.39, 0.29) is 5.75 Å². The molecule has 0 bridgehead atoms. The van der Waals surface area contributed by atoms with Crippen LogP contribution in [0, 0.1) is 11.8 Å². The van der Waals surface area contributed by atoms with Crippen LogP contribution in [-0.2, 0) is 14.8 Å². The molecule has 0 fully saturated rings. The second kappa shape index (κ2) is 7.81. The summed E-state index contributed by atoms with van der Waals surface area (Å²) in [6.07, 6.45) is 0.958. The van der Waals surface area contributed by atoms with Crippen molar-refractivity contribution in [1.82, 2.24) is 4.31 Å². The number of sulfonamides is 1. The monoisotopic (exact) mass is 309 g/mol. The SMILES string of the molecule is COC(=O)c1cccc(C#CCCCS(=O)(=O)N(C)C)c1. The summed E-state index contributed by atoms with van der Waals surface area (Å²) in [5.74, 6) is 5.50. The second-order valence-corrected chi connectivity index (χ2v) is 6.88. The fourth-order valence-corrected chi connectivity index (χ4v) is 2.41. The molecule has 0 aliphatic heterocycles. The highest BCUT2D eigenvalue weighted by Crippen LogP contribution is 2.06. The van der Waals surface area contributed by atoms with Crippen LogP contribution in [0.1, 0.15) is 28.8 Å². The van der Waals surface area contributed by atoms with E-state index in [0.717, 1.165) is 0 Å². The fourth-order valence-electron chi connectivity index (χ4n) is 1.53. The van der Waals surface area contributed by atoms with Gasteiger partial charge in [-0.05, 0) is 24.6 Å². The van der Waals surface area contributed by atoms with Crippen molar-refractivity contribution in [1.29, 1.82) is 0 Å². The number of esters is 1. The first-order chi connectivity index (χ1) is 9.86. The quantitative estimate of drug-likeness (QED) is 0.470. The molecule has 6 heteroatoms. The summed E-state index contributed by atoms with van der Waals surface area (Å²) in [6.45, 7) is 0. The van der Waals surface area contributed by atoms with Gasteiger partial charge in [-0.1, -0.05) is 17.9 Å². The van der Waals surface area contributed by atoms with Gasteiger partial charge >= 0.3 is 5.97 Å². The molecule has 1 aromatic rings. The molecule has 114 valence electrons. The minimum absolute atomic E-state index is 0.0802. The molecule has 0 atom stereocenters. The molecule has 0 saturated carbocycles. The summed E-state index contributed by atoms with van der Waals surface area (Å²) >= 11 is 0. The Morgan fingerprint density at radius 1 is 1.33 bits per heavy atom. The highest BCUT2D eigenvalue weighted by Gasteiger charge is 2.11. The highest BCUT2D eigenvalue weighted by atomic mass is 32.2. The van der Waals surface area contributed by atoms with Crippen molar-refractivity contribution in [3.05, 3.63) is 35.4 Å². The van der Waals surface area contributed by atoms with Gasteiger partial charge in [0, 0.05) is 26.1 Å². The van der Waals surface area contributed by atoms with Crippen LogP contribution >= 0.6 is 0 Å². The third-order valence-corrected chi connectivity index (χ3v) is 4.69. The summed E-state index contributed by atoms with van der Waals surface area (Å²) < 4.78 is 28.9. The van der Waals surface area contributed by atoms with Gasteiger partial charge < -0.3 is 4.74 Å². The third kappa shape index (κ3) is 5.58. The molecule has 0 N–H and O–H groups in total. The molecular formula is C15H19NO4S. The normalized spacial score (nSPS) is 10.9. The molecule has 5 nitrogen and oxygen atoms in total. The van der Waals surface area contributed by atoms with Crippen molar-refractivity contribution in [3.63, 3.8) is 0 Å². The van der Waals surface area contributed by atoms with Gasteiger partial charge in [-0.15, -0.1) is 0 Å². The van der Waals surface area contributed by atoms with Crippen LogP contribution < -0.4 is 0 Å². The lowest BCUT2D eigenvalue weighted by atomic mass is 10.1. The van der Waals surface area contributed by atoms with E-state index in [1.54, 1.807) is 24.3 Å². The maximum absolute atomic E-state index is 11.5. The van der Waals surface area contributed by atoms with Crippen molar-refractivity contribution < 1.29 is 17.9 Å². The van der Waals surface area contributed by atoms with E-state index in [0.29, 0.717) is 24.0 Å². The zero-order chi connectivity index (χ0) is 15.9. The van der Waals surface area contributed by atoms with Crippen molar-refractivity contribution in [2.75, 3.05) is 27.0 Å². The highest BCUT2D eigenvalue weighted by molar-refractivity contribution is 7.89. The fraction of sp³-hybridized carbons (Fsp3) is 0.400. The molecule has 0 spiro atoms. The molecule has 0 unspecified atom stereocenters. The van der Waals surface area contributed by atoms with E-state index in [9.17, 15) is 13.2 Å².